The highest BCUT2D eigenvalue weighted by molar-refractivity contribution is 6.06. The van der Waals surface area contributed by atoms with Crippen LogP contribution in [0.25, 0.3) is 0 Å². The van der Waals surface area contributed by atoms with Gasteiger partial charge in [0.05, 0.1) is 34.8 Å². The second-order valence-corrected chi connectivity index (χ2v) is 18.9. The first-order chi connectivity index (χ1) is 37.0. The molecule has 6 fully saturated rings. The van der Waals surface area contributed by atoms with Gasteiger partial charge in [0.1, 0.15) is 24.2 Å². The topological polar surface area (TPSA) is 515 Å². The van der Waals surface area contributed by atoms with Crippen LogP contribution in [0.2, 0.25) is 0 Å². The van der Waals surface area contributed by atoms with Gasteiger partial charge in [0, 0.05) is 12.0 Å². The molecule has 1 aliphatic carbocycles. The summed E-state index contributed by atoms with van der Waals surface area (Å²) in [7, 11) is 0. The molecule has 2 spiro atoms. The number of hydrogen-bond acceptors (Lipinski definition) is 32. The van der Waals surface area contributed by atoms with E-state index in [1.165, 1.54) is 0 Å². The van der Waals surface area contributed by atoms with Gasteiger partial charge in [0.2, 0.25) is 29.5 Å². The summed E-state index contributed by atoms with van der Waals surface area (Å²) < 4.78 is 56.7. The number of ether oxygens (including phenoxy) is 10. The summed E-state index contributed by atoms with van der Waals surface area (Å²) in [5, 5.41) is 163. The smallest absolute Gasteiger partial charge is 0.346 e. The van der Waals surface area contributed by atoms with Gasteiger partial charge in [-0.15, -0.1) is 0 Å². The number of Topliss-reactive ketones (excluding diaryl/α,β-unsaturated/α-hetero) is 1. The van der Waals surface area contributed by atoms with Crippen molar-refractivity contribution in [3.63, 3.8) is 0 Å². The van der Waals surface area contributed by atoms with E-state index in [0.29, 0.717) is 42.5 Å². The third-order valence-electron chi connectivity index (χ3n) is 14.6. The molecule has 4 aromatic rings. The lowest BCUT2D eigenvalue weighted by Gasteiger charge is -2.64. The van der Waals surface area contributed by atoms with Crippen LogP contribution in [0.5, 0.6) is 69.0 Å². The number of carbonyl (C=O) groups excluding carboxylic acids is 7. The lowest BCUT2D eigenvalue weighted by atomic mass is 9.47. The maximum Gasteiger partial charge on any atom is 0.346 e. The molecule has 4 bridgehead atoms. The number of carbonyl (C=O) groups is 7. The molecule has 7 aliphatic heterocycles. The number of rotatable bonds is 7. The van der Waals surface area contributed by atoms with Crippen LogP contribution in [0.15, 0.2) is 42.5 Å². The zero-order valence-electron chi connectivity index (χ0n) is 38.9. The first kappa shape index (κ1) is 51.8. The highest BCUT2D eigenvalue weighted by Gasteiger charge is 2.97. The summed E-state index contributed by atoms with van der Waals surface area (Å²) in [5.41, 5.74) is -12.4. The minimum absolute atomic E-state index is 0.360. The van der Waals surface area contributed by atoms with Crippen molar-refractivity contribution in [3.8, 4) is 69.0 Å². The van der Waals surface area contributed by atoms with Gasteiger partial charge >= 0.3 is 35.8 Å². The molecule has 0 aromatic heterocycles. The van der Waals surface area contributed by atoms with Gasteiger partial charge in [0.15, 0.2) is 87.3 Å². The van der Waals surface area contributed by atoms with Crippen LogP contribution in [0, 0.1) is 5.41 Å². The molecule has 13 atom stereocenters. The second kappa shape index (κ2) is 16.8. The van der Waals surface area contributed by atoms with E-state index in [-0.39, 0.29) is 0 Å². The Kier molecular flexibility index (Phi) is 11.0. The minimum atomic E-state index is -4.05. The highest BCUT2D eigenvalue weighted by Crippen LogP contribution is 2.75. The van der Waals surface area contributed by atoms with E-state index in [9.17, 15) is 101 Å². The average Bonchev–Trinajstić information content (AvgIpc) is 1.68. The van der Waals surface area contributed by atoms with E-state index in [0.717, 1.165) is 0 Å². The first-order valence-electron chi connectivity index (χ1n) is 22.7. The summed E-state index contributed by atoms with van der Waals surface area (Å²) in [4.78, 5) is 103. The van der Waals surface area contributed by atoms with Gasteiger partial charge in [-0.1, -0.05) is 0 Å². The second-order valence-electron chi connectivity index (χ2n) is 18.9. The lowest BCUT2D eigenvalue weighted by molar-refractivity contribution is -0.459. The van der Waals surface area contributed by atoms with Crippen molar-refractivity contribution < 1.29 is 158 Å². The number of phenols is 11. The number of phenolic OH excluding ortho intramolecular Hbond substituents is 11. The fourth-order valence-corrected chi connectivity index (χ4v) is 11.0. The fraction of sp³-hybridized carbons (Fsp3) is 0.340. The van der Waals surface area contributed by atoms with Crippen molar-refractivity contribution >= 4 is 41.6 Å². The van der Waals surface area contributed by atoms with E-state index in [1.807, 2.05) is 0 Å². The van der Waals surface area contributed by atoms with Gasteiger partial charge in [0.25, 0.3) is 11.6 Å². The maximum atomic E-state index is 16.1. The summed E-state index contributed by atoms with van der Waals surface area (Å²) in [5.74, 6) is -41.8. The highest BCUT2D eigenvalue weighted by atomic mass is 16.8. The van der Waals surface area contributed by atoms with Crippen LogP contribution in [0.4, 0.5) is 0 Å². The fourth-order valence-electron chi connectivity index (χ4n) is 11.0. The molecule has 32 heteroatoms. The van der Waals surface area contributed by atoms with E-state index < -0.39 is 235 Å². The number of fused-ring (bicyclic) bond motifs is 4. The maximum absolute atomic E-state index is 16.1. The van der Waals surface area contributed by atoms with Crippen molar-refractivity contribution in [2.45, 2.75) is 78.2 Å². The number of ketones is 1. The van der Waals surface area contributed by atoms with Gasteiger partial charge < -0.3 is 124 Å². The molecule has 15 N–H and O–H groups in total. The largest absolute Gasteiger partial charge is 0.504 e. The van der Waals surface area contributed by atoms with Crippen molar-refractivity contribution in [3.05, 3.63) is 70.3 Å². The molecular formula is C47H36O32. The zero-order valence-corrected chi connectivity index (χ0v) is 38.9. The van der Waals surface area contributed by atoms with E-state index in [2.05, 4.69) is 0 Å². The predicted molar refractivity (Wildman–Crippen MR) is 233 cm³/mol. The molecule has 12 rings (SSSR count). The van der Waals surface area contributed by atoms with Crippen molar-refractivity contribution in [1.29, 1.82) is 0 Å². The molecule has 5 saturated heterocycles. The summed E-state index contributed by atoms with van der Waals surface area (Å²) in [6, 6.07) is 3.49. The molecule has 79 heavy (non-hydrogen) atoms. The number of aromatic hydroxyl groups is 11. The summed E-state index contributed by atoms with van der Waals surface area (Å²) in [6.45, 7) is -2.42. The minimum Gasteiger partial charge on any atom is -0.504 e. The molecular weight excluding hydrogens is 1080 g/mol. The van der Waals surface area contributed by atoms with Crippen molar-refractivity contribution in [2.75, 3.05) is 13.2 Å². The van der Waals surface area contributed by atoms with Crippen LogP contribution >= 0.6 is 0 Å². The number of benzene rings is 4. The third-order valence-corrected chi connectivity index (χ3v) is 14.6. The Morgan fingerprint density at radius 1 is 0.608 bits per heavy atom. The monoisotopic (exact) mass is 1110 g/mol. The zero-order chi connectivity index (χ0) is 57.1. The normalized spacial score (nSPS) is 33.6. The van der Waals surface area contributed by atoms with Crippen LogP contribution in [-0.2, 0) is 57.0 Å². The molecule has 0 amide bonds. The molecule has 0 unspecified atom stereocenters. The van der Waals surface area contributed by atoms with Crippen LogP contribution in [0.3, 0.4) is 0 Å². The Hall–Kier alpha value is -9.31. The summed E-state index contributed by atoms with van der Waals surface area (Å²) in [6.07, 6.45) is -19.5. The Morgan fingerprint density at radius 3 is 1.68 bits per heavy atom. The van der Waals surface area contributed by atoms with Gasteiger partial charge in [-0.05, 0) is 42.5 Å². The van der Waals surface area contributed by atoms with Crippen molar-refractivity contribution in [1.82, 2.24) is 0 Å². The van der Waals surface area contributed by atoms with E-state index in [1.54, 1.807) is 0 Å². The Morgan fingerprint density at radius 2 is 1.13 bits per heavy atom. The van der Waals surface area contributed by atoms with E-state index >= 15 is 9.59 Å². The van der Waals surface area contributed by atoms with Gasteiger partial charge in [-0.3, -0.25) is 9.59 Å². The molecule has 1 saturated carbocycles. The predicted octanol–water partition coefficient (Wildman–Crippen LogP) is -2.85. The van der Waals surface area contributed by atoms with Gasteiger partial charge in [-0.2, -0.15) is 0 Å². The Bertz CT molecular complexity index is 3380. The average molecular weight is 1110 g/mol. The number of aliphatic hydroxyl groups excluding tert-OH is 1. The molecule has 8 aliphatic rings. The number of hydrogen-bond donors (Lipinski definition) is 15. The molecule has 7 heterocycles. The molecule has 416 valence electrons. The quantitative estimate of drug-likeness (QED) is 0.0503. The third kappa shape index (κ3) is 6.75. The Balaban J connectivity index is 1.16. The van der Waals surface area contributed by atoms with Crippen LogP contribution < -0.4 is 4.74 Å². The van der Waals surface area contributed by atoms with Gasteiger partial charge in [-0.25, -0.2) is 24.0 Å². The van der Waals surface area contributed by atoms with Crippen LogP contribution in [0.1, 0.15) is 59.3 Å². The number of aliphatic hydroxyl groups is 4. The molecule has 0 radical (unpaired) electrons. The molecule has 32 nitrogen and oxygen atoms in total. The van der Waals surface area contributed by atoms with Crippen LogP contribution in [-0.4, -0.2) is 197 Å². The Labute approximate surface area is 434 Å². The summed E-state index contributed by atoms with van der Waals surface area (Å²) >= 11 is 0. The van der Waals surface area contributed by atoms with E-state index in [4.69, 9.17) is 47.4 Å². The van der Waals surface area contributed by atoms with Crippen molar-refractivity contribution in [2.24, 2.45) is 5.41 Å². The lowest BCUT2D eigenvalue weighted by Crippen LogP contribution is -2.88. The first-order valence-corrected chi connectivity index (χ1v) is 22.7. The standard InChI is InChI=1S/C47H36O32/c48-15-1-11(2-16(49)26(15)57)36(61)70-10-23-30-32(73-37(62)12-3-17(50)27(58)18(51)4-12)33(40(72-23)77-38(63)13-5-19(52)28(59)20(53)6-13)74-39(64)14-7-21(54)29(60)31-25(14)34-43(41(65)75-30)8-24(56)45(67,46(34,68)78-31)79-44(43)42(66)76-35-22(55)9-71-47(35,44)69/h1-7,22-23,30,32-35,40,48-55,57-60,67-69H,8-10H2/t22-,23+,30+,32-,33+,34+,35+,40-,43+,44-,45-,46+,47-/m0/s1. The SMILES string of the molecule is O=C(OC[C@H]1O[C@@H](OC(=O)c2cc(O)c(O)c(O)c2)[C@@H]2OC(=O)c3cc(O)c(O)c4c3[C@@H]3[C@]5(CC(=O)[C@](O)(O[C@@]56C(=O)O[C@@H]5[C@@H](O)CO[C@@]56O)[C@]3(O)O4)C(=O)O[C@H]1[C@@H]2OC(=O)c1cc(O)c(O)c(O)c1)c1cc(O)c(O)c(O)c1. The number of esters is 6. The molecule has 4 aromatic carbocycles.